The summed E-state index contributed by atoms with van der Waals surface area (Å²) in [7, 11) is 0. The Morgan fingerprint density at radius 2 is 1.33 bits per heavy atom. The Balaban J connectivity index is 2.32. The molecular formula is C36H57N7O9. The minimum absolute atomic E-state index is 0.00362. The zero-order valence-corrected chi connectivity index (χ0v) is 31.2. The first-order chi connectivity index (χ1) is 24.3. The molecule has 0 unspecified atom stereocenters. The second-order valence-electron chi connectivity index (χ2n) is 14.4. The fraction of sp³-hybridized carbons (Fsp3) is 0.639. The monoisotopic (exact) mass is 731 g/mol. The van der Waals surface area contributed by atoms with Crippen molar-refractivity contribution in [1.82, 2.24) is 31.5 Å². The summed E-state index contributed by atoms with van der Waals surface area (Å²) in [6, 6.07) is 1.02. The van der Waals surface area contributed by atoms with Gasteiger partial charge in [0.2, 0.25) is 35.4 Å². The van der Waals surface area contributed by atoms with Gasteiger partial charge in [0.25, 0.3) is 0 Å². The summed E-state index contributed by atoms with van der Waals surface area (Å²) in [6.45, 7) is 11.7. The summed E-state index contributed by atoms with van der Waals surface area (Å²) in [5.41, 5.74) is 6.27. The van der Waals surface area contributed by atoms with E-state index in [4.69, 9.17) is 5.73 Å². The SMILES string of the molecule is CC(C)C[C@H](NC(=O)[C@@H]1CCCN1C(=O)[C@H](Cc1ccccc1)NC(=O)[C@H](CC(C)C)NC(=O)[C@@H](NC(=O)[C@H](C)NC(=O)[C@H](C)N)[C@@H](C)O)C(=O)O. The number of nitrogens with one attached hydrogen (secondary N) is 5. The predicted octanol–water partition coefficient (Wildman–Crippen LogP) is -0.431. The van der Waals surface area contributed by atoms with Crippen LogP contribution in [0.4, 0.5) is 0 Å². The highest BCUT2D eigenvalue weighted by molar-refractivity contribution is 5.97. The van der Waals surface area contributed by atoms with Crippen molar-refractivity contribution in [1.29, 1.82) is 0 Å². The Bertz CT molecular complexity index is 1400. The molecule has 1 aliphatic heterocycles. The quantitative estimate of drug-likeness (QED) is 0.0912. The Labute approximate surface area is 305 Å². The first-order valence-corrected chi connectivity index (χ1v) is 17.8. The van der Waals surface area contributed by atoms with Crippen molar-refractivity contribution in [2.45, 2.75) is 129 Å². The topological polar surface area (TPSA) is 249 Å². The summed E-state index contributed by atoms with van der Waals surface area (Å²) < 4.78 is 0. The molecule has 0 saturated carbocycles. The molecule has 0 radical (unpaired) electrons. The van der Waals surface area contributed by atoms with Gasteiger partial charge in [0.05, 0.1) is 12.1 Å². The van der Waals surface area contributed by atoms with Crippen molar-refractivity contribution >= 4 is 41.4 Å². The highest BCUT2D eigenvalue weighted by Crippen LogP contribution is 2.21. The van der Waals surface area contributed by atoms with Crippen molar-refractivity contribution in [2.75, 3.05) is 6.54 Å². The fourth-order valence-electron chi connectivity index (χ4n) is 5.84. The van der Waals surface area contributed by atoms with Crippen molar-refractivity contribution < 1.29 is 43.8 Å². The van der Waals surface area contributed by atoms with Crippen LogP contribution in [-0.2, 0) is 40.0 Å². The maximum absolute atomic E-state index is 14.2. The van der Waals surface area contributed by atoms with Gasteiger partial charge >= 0.3 is 5.97 Å². The average molecular weight is 732 g/mol. The van der Waals surface area contributed by atoms with E-state index in [2.05, 4.69) is 26.6 Å². The molecule has 1 saturated heterocycles. The van der Waals surface area contributed by atoms with Gasteiger partial charge in [0.1, 0.15) is 36.3 Å². The molecule has 52 heavy (non-hydrogen) atoms. The van der Waals surface area contributed by atoms with Crippen LogP contribution in [0.15, 0.2) is 30.3 Å². The van der Waals surface area contributed by atoms with Gasteiger partial charge in [0, 0.05) is 13.0 Å². The van der Waals surface area contributed by atoms with Gasteiger partial charge in [-0.15, -0.1) is 0 Å². The van der Waals surface area contributed by atoms with E-state index >= 15 is 0 Å². The van der Waals surface area contributed by atoms with Crippen molar-refractivity contribution in [3.05, 3.63) is 35.9 Å². The van der Waals surface area contributed by atoms with Crippen molar-refractivity contribution in [2.24, 2.45) is 17.6 Å². The maximum Gasteiger partial charge on any atom is 0.326 e. The third-order valence-corrected chi connectivity index (χ3v) is 8.63. The molecule has 16 nitrogen and oxygen atoms in total. The number of hydrogen-bond donors (Lipinski definition) is 8. The molecular weight excluding hydrogens is 674 g/mol. The molecule has 2 rings (SSSR count). The van der Waals surface area contributed by atoms with E-state index in [0.717, 1.165) is 5.56 Å². The van der Waals surface area contributed by atoms with E-state index in [1.807, 2.05) is 27.7 Å². The molecule has 1 aromatic rings. The van der Waals surface area contributed by atoms with Crippen LogP contribution in [0.2, 0.25) is 0 Å². The smallest absolute Gasteiger partial charge is 0.326 e. The number of nitrogens with zero attached hydrogens (tertiary/aromatic N) is 1. The highest BCUT2D eigenvalue weighted by Gasteiger charge is 2.40. The summed E-state index contributed by atoms with van der Waals surface area (Å²) in [6.07, 6.45) is -0.198. The first-order valence-electron chi connectivity index (χ1n) is 17.8. The zero-order valence-electron chi connectivity index (χ0n) is 31.2. The molecule has 6 amide bonds. The molecule has 1 fully saturated rings. The van der Waals surface area contributed by atoms with Crippen LogP contribution >= 0.6 is 0 Å². The third kappa shape index (κ3) is 13.5. The number of benzene rings is 1. The third-order valence-electron chi connectivity index (χ3n) is 8.63. The molecule has 0 aliphatic carbocycles. The van der Waals surface area contributed by atoms with Crippen LogP contribution in [-0.4, -0.2) is 111 Å². The van der Waals surface area contributed by atoms with Gasteiger partial charge in [-0.1, -0.05) is 58.0 Å². The van der Waals surface area contributed by atoms with Crippen LogP contribution in [0.25, 0.3) is 0 Å². The van der Waals surface area contributed by atoms with Crippen LogP contribution in [0.5, 0.6) is 0 Å². The second-order valence-corrected chi connectivity index (χ2v) is 14.4. The molecule has 0 spiro atoms. The average Bonchev–Trinajstić information content (AvgIpc) is 3.55. The van der Waals surface area contributed by atoms with Gasteiger partial charge in [-0.05, 0) is 63.9 Å². The number of hydrogen-bond acceptors (Lipinski definition) is 9. The number of likely N-dealkylation sites (tertiary alicyclic amines) is 1. The van der Waals surface area contributed by atoms with E-state index in [1.54, 1.807) is 30.3 Å². The standard InChI is InChI=1S/C36H57N7O9/c1-19(2)16-25(39-34(49)29(23(7)44)42-31(46)22(6)38-30(45)21(5)37)32(47)40-26(18-24-12-9-8-10-13-24)35(50)43-15-11-14-28(43)33(48)41-27(36(51)52)17-20(3)4/h8-10,12-13,19-23,25-29,44H,11,14-18,37H2,1-7H3,(H,38,45)(H,39,49)(H,40,47)(H,41,48)(H,42,46)(H,51,52)/t21-,22-,23+,25-,26-,27-,28-,29-/m0/s1. The minimum Gasteiger partial charge on any atom is -0.480 e. The summed E-state index contributed by atoms with van der Waals surface area (Å²) >= 11 is 0. The lowest BCUT2D eigenvalue weighted by Gasteiger charge is -2.31. The molecule has 0 aromatic heterocycles. The van der Waals surface area contributed by atoms with Gasteiger partial charge in [-0.25, -0.2) is 4.79 Å². The number of carbonyl (C=O) groups is 7. The Hall–Kier alpha value is -4.57. The van der Waals surface area contributed by atoms with E-state index in [-0.39, 0.29) is 37.6 Å². The number of aliphatic hydroxyl groups is 1. The Morgan fingerprint density at radius 3 is 1.87 bits per heavy atom. The molecule has 9 N–H and O–H groups in total. The summed E-state index contributed by atoms with van der Waals surface area (Å²) in [5.74, 6) is -5.36. The van der Waals surface area contributed by atoms with E-state index < -0.39 is 89.8 Å². The molecule has 290 valence electrons. The summed E-state index contributed by atoms with van der Waals surface area (Å²) in [5, 5.41) is 32.9. The number of aliphatic carboxylic acids is 1. The number of nitrogens with two attached hydrogens (primary N) is 1. The minimum atomic E-state index is -1.50. The number of carbonyl (C=O) groups excluding carboxylic acids is 6. The van der Waals surface area contributed by atoms with Crippen LogP contribution in [0.3, 0.4) is 0 Å². The summed E-state index contributed by atoms with van der Waals surface area (Å²) in [4.78, 5) is 92.9. The van der Waals surface area contributed by atoms with Crippen LogP contribution in [0.1, 0.15) is 79.7 Å². The number of rotatable bonds is 19. The molecule has 1 aromatic carbocycles. The van der Waals surface area contributed by atoms with Gasteiger partial charge in [-0.3, -0.25) is 28.8 Å². The highest BCUT2D eigenvalue weighted by atomic mass is 16.4. The molecule has 0 bridgehead atoms. The molecule has 1 aliphatic rings. The number of carboxylic acids is 1. The largest absolute Gasteiger partial charge is 0.480 e. The van der Waals surface area contributed by atoms with Crippen LogP contribution in [0, 0.1) is 11.8 Å². The predicted molar refractivity (Wildman–Crippen MR) is 192 cm³/mol. The van der Waals surface area contributed by atoms with Gasteiger partial charge < -0.3 is 47.4 Å². The fourth-order valence-corrected chi connectivity index (χ4v) is 5.84. The number of amides is 6. The van der Waals surface area contributed by atoms with E-state index in [9.17, 15) is 43.8 Å². The Kier molecular flexibility index (Phi) is 17.2. The normalized spacial score (nSPS) is 18.3. The van der Waals surface area contributed by atoms with Crippen LogP contribution < -0.4 is 32.3 Å². The van der Waals surface area contributed by atoms with E-state index in [1.165, 1.54) is 25.7 Å². The van der Waals surface area contributed by atoms with Crippen molar-refractivity contribution in [3.63, 3.8) is 0 Å². The lowest BCUT2D eigenvalue weighted by Crippen LogP contribution is -2.61. The molecule has 1 heterocycles. The lowest BCUT2D eigenvalue weighted by molar-refractivity contribution is -0.145. The zero-order chi connectivity index (χ0) is 39.3. The van der Waals surface area contributed by atoms with Gasteiger partial charge in [-0.2, -0.15) is 0 Å². The number of carboxylic acid groups (broad SMARTS) is 1. The first kappa shape index (κ1) is 43.6. The van der Waals surface area contributed by atoms with E-state index in [0.29, 0.717) is 12.8 Å². The number of aliphatic hydroxyl groups excluding tert-OH is 1. The second kappa shape index (κ2) is 20.5. The molecule has 8 atom stereocenters. The maximum atomic E-state index is 14.2. The molecule has 16 heteroatoms. The van der Waals surface area contributed by atoms with Crippen molar-refractivity contribution in [3.8, 4) is 0 Å². The lowest BCUT2D eigenvalue weighted by atomic mass is 10.00. The Morgan fingerprint density at radius 1 is 0.750 bits per heavy atom. The van der Waals surface area contributed by atoms with Gasteiger partial charge in [0.15, 0.2) is 0 Å².